The third kappa shape index (κ3) is 5.98. The van der Waals surface area contributed by atoms with Crippen LogP contribution < -0.4 is 5.32 Å². The minimum absolute atomic E-state index is 0.113. The van der Waals surface area contributed by atoms with Gasteiger partial charge in [-0.2, -0.15) is 0 Å². The molecule has 3 heteroatoms. The van der Waals surface area contributed by atoms with E-state index in [4.69, 9.17) is 0 Å². The first-order valence-corrected chi connectivity index (χ1v) is 7.76. The van der Waals surface area contributed by atoms with Gasteiger partial charge in [-0.15, -0.1) is 11.8 Å². The van der Waals surface area contributed by atoms with Gasteiger partial charge in [0.25, 0.3) is 0 Å². The Hall–Kier alpha value is -0.510. The van der Waals surface area contributed by atoms with Crippen LogP contribution in [0.4, 0.5) is 0 Å². The molecule has 0 spiro atoms. The Labute approximate surface area is 122 Å². The molecule has 2 atom stereocenters. The number of aryl methyl sites for hydroxylation is 1. The van der Waals surface area contributed by atoms with Crippen molar-refractivity contribution in [3.63, 3.8) is 0 Å². The molecule has 1 rings (SSSR count). The molecule has 0 fully saturated rings. The fourth-order valence-corrected chi connectivity index (χ4v) is 2.65. The molecule has 19 heavy (non-hydrogen) atoms. The molecular weight excluding hydrogens is 254 g/mol. The lowest BCUT2D eigenvalue weighted by Crippen LogP contribution is -2.35. The first-order valence-electron chi connectivity index (χ1n) is 6.88. The zero-order valence-electron chi connectivity index (χ0n) is 12.9. The minimum Gasteiger partial charge on any atom is -0.392 e. The van der Waals surface area contributed by atoms with Gasteiger partial charge >= 0.3 is 0 Å². The van der Waals surface area contributed by atoms with Gasteiger partial charge in [0, 0.05) is 22.2 Å². The maximum atomic E-state index is 9.65. The van der Waals surface area contributed by atoms with Gasteiger partial charge in [0.2, 0.25) is 0 Å². The fraction of sp³-hybridized carbons (Fsp3) is 0.625. The van der Waals surface area contributed by atoms with Crippen molar-refractivity contribution >= 4 is 11.8 Å². The van der Waals surface area contributed by atoms with Crippen molar-refractivity contribution in [2.75, 3.05) is 0 Å². The molecular formula is C16H27NOS. The summed E-state index contributed by atoms with van der Waals surface area (Å²) in [5.74, 6) is 0. The second kappa shape index (κ2) is 6.78. The molecule has 0 radical (unpaired) electrons. The second-order valence-corrected chi connectivity index (χ2v) is 7.70. The third-order valence-electron chi connectivity index (χ3n) is 3.02. The predicted octanol–water partition coefficient (Wildman–Crippen LogP) is 3.74. The molecule has 0 aliphatic rings. The molecule has 2 unspecified atom stereocenters. The first kappa shape index (κ1) is 16.5. The van der Waals surface area contributed by atoms with E-state index >= 15 is 0 Å². The van der Waals surface area contributed by atoms with Crippen LogP contribution in [0.15, 0.2) is 23.1 Å². The standard InChI is InChI=1S/C16H27NOS/c1-11-7-8-15(19-13(3)12(2)18)14(9-11)10-17-16(4,5)6/h7-9,12-13,17-18H,10H2,1-6H3. The smallest absolute Gasteiger partial charge is 0.0631 e. The quantitative estimate of drug-likeness (QED) is 0.806. The Kier molecular flexibility index (Phi) is 5.90. The molecule has 2 N–H and O–H groups in total. The van der Waals surface area contributed by atoms with Gasteiger partial charge in [-0.05, 0) is 46.2 Å². The van der Waals surface area contributed by atoms with Crippen molar-refractivity contribution in [3.8, 4) is 0 Å². The summed E-state index contributed by atoms with van der Waals surface area (Å²) in [6.45, 7) is 13.4. The topological polar surface area (TPSA) is 32.3 Å². The molecule has 0 aliphatic heterocycles. The molecule has 0 saturated carbocycles. The van der Waals surface area contributed by atoms with Crippen LogP contribution in [-0.2, 0) is 6.54 Å². The number of hydrogen-bond donors (Lipinski definition) is 2. The molecule has 0 amide bonds. The van der Waals surface area contributed by atoms with Gasteiger partial charge in [-0.3, -0.25) is 0 Å². The summed E-state index contributed by atoms with van der Waals surface area (Å²) in [6, 6.07) is 6.53. The monoisotopic (exact) mass is 281 g/mol. The molecule has 0 heterocycles. The minimum atomic E-state index is -0.297. The summed E-state index contributed by atoms with van der Waals surface area (Å²) in [6.07, 6.45) is -0.297. The van der Waals surface area contributed by atoms with E-state index in [2.05, 4.69) is 58.1 Å². The molecule has 1 aromatic rings. The lowest BCUT2D eigenvalue weighted by Gasteiger charge is -2.23. The van der Waals surface area contributed by atoms with E-state index in [0.717, 1.165) is 6.54 Å². The fourth-order valence-electron chi connectivity index (χ4n) is 1.62. The summed E-state index contributed by atoms with van der Waals surface area (Å²) in [7, 11) is 0. The molecule has 0 aliphatic carbocycles. The number of aliphatic hydroxyl groups is 1. The summed E-state index contributed by atoms with van der Waals surface area (Å²) < 4.78 is 0. The Bertz CT molecular complexity index is 410. The normalized spacial score (nSPS) is 15.3. The number of nitrogens with one attached hydrogen (secondary N) is 1. The first-order chi connectivity index (χ1) is 8.69. The molecule has 0 bridgehead atoms. The van der Waals surface area contributed by atoms with Crippen molar-refractivity contribution in [1.82, 2.24) is 5.32 Å². The highest BCUT2D eigenvalue weighted by atomic mass is 32.2. The third-order valence-corrected chi connectivity index (χ3v) is 4.44. The van der Waals surface area contributed by atoms with Crippen molar-refractivity contribution in [2.24, 2.45) is 0 Å². The number of rotatable bonds is 5. The van der Waals surface area contributed by atoms with Crippen LogP contribution in [0.5, 0.6) is 0 Å². The average Bonchev–Trinajstić information content (AvgIpc) is 2.28. The van der Waals surface area contributed by atoms with E-state index in [-0.39, 0.29) is 16.9 Å². The highest BCUT2D eigenvalue weighted by Gasteiger charge is 2.15. The number of aliphatic hydroxyl groups excluding tert-OH is 1. The maximum absolute atomic E-state index is 9.65. The van der Waals surface area contributed by atoms with Crippen LogP contribution in [0.25, 0.3) is 0 Å². The van der Waals surface area contributed by atoms with E-state index < -0.39 is 0 Å². The van der Waals surface area contributed by atoms with Gasteiger partial charge in [0.15, 0.2) is 0 Å². The van der Waals surface area contributed by atoms with Crippen LogP contribution in [0.3, 0.4) is 0 Å². The van der Waals surface area contributed by atoms with E-state index in [1.807, 2.05) is 6.92 Å². The zero-order valence-corrected chi connectivity index (χ0v) is 13.8. The highest BCUT2D eigenvalue weighted by Crippen LogP contribution is 2.29. The summed E-state index contributed by atoms with van der Waals surface area (Å²) in [5, 5.41) is 13.4. The van der Waals surface area contributed by atoms with Crippen LogP contribution >= 0.6 is 11.8 Å². The molecule has 2 nitrogen and oxygen atoms in total. The summed E-state index contributed by atoms with van der Waals surface area (Å²) in [5.41, 5.74) is 2.70. The Balaban J connectivity index is 2.85. The predicted molar refractivity (Wildman–Crippen MR) is 84.8 cm³/mol. The maximum Gasteiger partial charge on any atom is 0.0631 e. The van der Waals surface area contributed by atoms with E-state index in [1.54, 1.807) is 11.8 Å². The molecule has 0 saturated heterocycles. The number of thioether (sulfide) groups is 1. The van der Waals surface area contributed by atoms with Gasteiger partial charge in [-0.1, -0.05) is 24.6 Å². The van der Waals surface area contributed by atoms with Crippen molar-refractivity contribution < 1.29 is 5.11 Å². The second-order valence-electron chi connectivity index (χ2n) is 6.28. The number of benzene rings is 1. The van der Waals surface area contributed by atoms with Crippen LogP contribution in [0, 0.1) is 6.92 Å². The Morgan fingerprint density at radius 2 is 1.89 bits per heavy atom. The van der Waals surface area contributed by atoms with E-state index in [9.17, 15) is 5.11 Å². The van der Waals surface area contributed by atoms with Gasteiger partial charge < -0.3 is 10.4 Å². The lowest BCUT2D eigenvalue weighted by atomic mass is 10.1. The largest absolute Gasteiger partial charge is 0.392 e. The van der Waals surface area contributed by atoms with Gasteiger partial charge in [0.1, 0.15) is 0 Å². The molecule has 108 valence electrons. The average molecular weight is 281 g/mol. The Morgan fingerprint density at radius 3 is 2.42 bits per heavy atom. The molecule has 0 aromatic heterocycles. The summed E-state index contributed by atoms with van der Waals surface area (Å²) >= 11 is 1.75. The van der Waals surface area contributed by atoms with Gasteiger partial charge in [-0.25, -0.2) is 0 Å². The van der Waals surface area contributed by atoms with Crippen LogP contribution in [-0.4, -0.2) is 22.0 Å². The summed E-state index contributed by atoms with van der Waals surface area (Å²) in [4.78, 5) is 1.26. The molecule has 1 aromatic carbocycles. The lowest BCUT2D eigenvalue weighted by molar-refractivity contribution is 0.196. The highest BCUT2D eigenvalue weighted by molar-refractivity contribution is 8.00. The van der Waals surface area contributed by atoms with E-state index in [0.29, 0.717) is 0 Å². The van der Waals surface area contributed by atoms with Gasteiger partial charge in [0.05, 0.1) is 6.10 Å². The Morgan fingerprint density at radius 1 is 1.26 bits per heavy atom. The van der Waals surface area contributed by atoms with Crippen LogP contribution in [0.1, 0.15) is 45.7 Å². The van der Waals surface area contributed by atoms with Crippen molar-refractivity contribution in [2.45, 2.75) is 69.9 Å². The number of hydrogen-bond acceptors (Lipinski definition) is 3. The van der Waals surface area contributed by atoms with E-state index in [1.165, 1.54) is 16.0 Å². The van der Waals surface area contributed by atoms with Crippen molar-refractivity contribution in [3.05, 3.63) is 29.3 Å². The van der Waals surface area contributed by atoms with Crippen molar-refractivity contribution in [1.29, 1.82) is 0 Å². The van der Waals surface area contributed by atoms with Crippen LogP contribution in [0.2, 0.25) is 0 Å². The SMILES string of the molecule is Cc1ccc(SC(C)C(C)O)c(CNC(C)(C)C)c1. The zero-order chi connectivity index (χ0) is 14.6.